The van der Waals surface area contributed by atoms with E-state index < -0.39 is 50.4 Å². The highest BCUT2D eigenvalue weighted by molar-refractivity contribution is 7.89. The molecule has 0 saturated carbocycles. The molecule has 0 bridgehead atoms. The van der Waals surface area contributed by atoms with Crippen LogP contribution in [0.25, 0.3) is 10.8 Å². The quantitative estimate of drug-likeness (QED) is 0.419. The Bertz CT molecular complexity index is 1130. The number of anilines is 1. The highest BCUT2D eigenvalue weighted by Crippen LogP contribution is 2.35. The number of nitrogens with two attached hydrogens (primary N) is 1. The first kappa shape index (κ1) is 17.6. The number of nitrogen functional groups attached to an aromatic ring is 1. The van der Waals surface area contributed by atoms with Gasteiger partial charge in [-0.2, -0.15) is 25.3 Å². The number of hydrogen-bond acceptors (Lipinski definition) is 7. The van der Waals surface area contributed by atoms with Crippen LogP contribution in [-0.2, 0) is 30.4 Å². The van der Waals surface area contributed by atoms with Crippen molar-refractivity contribution in [1.82, 2.24) is 0 Å². The van der Waals surface area contributed by atoms with E-state index in [2.05, 4.69) is 0 Å². The molecule has 5 N–H and O–H groups in total. The minimum atomic E-state index is -5.19. The average Bonchev–Trinajstić information content (AvgIpc) is 2.34. The molecule has 2 rings (SSSR count). The molecule has 2 aromatic rings. The fraction of sp³-hybridized carbons (Fsp3) is 0. The smallest absolute Gasteiger partial charge is 0.296 e. The van der Waals surface area contributed by atoms with Crippen LogP contribution in [0, 0.1) is 0 Å². The third kappa shape index (κ3) is 3.29. The molecule has 0 heterocycles. The van der Waals surface area contributed by atoms with Crippen molar-refractivity contribution >= 4 is 46.8 Å². The van der Waals surface area contributed by atoms with Gasteiger partial charge in [0.1, 0.15) is 9.79 Å². The standard InChI is InChI=1S/C10H9NO9S3/c11-8-4-9(22(15,16)17)10(23(18,19)20)7-3-5(21(12,13)14)1-2-6(7)8/h1-4H,11H2,(H,12,13,14)(H,15,16,17)(H,18,19,20). The molecule has 0 aliphatic heterocycles. The summed E-state index contributed by atoms with van der Waals surface area (Å²) >= 11 is 0. The molecule has 0 aliphatic rings. The lowest BCUT2D eigenvalue weighted by atomic mass is 10.1. The Morgan fingerprint density at radius 1 is 0.739 bits per heavy atom. The van der Waals surface area contributed by atoms with Gasteiger partial charge in [0.05, 0.1) is 4.90 Å². The van der Waals surface area contributed by atoms with E-state index in [4.69, 9.17) is 14.8 Å². The van der Waals surface area contributed by atoms with Crippen molar-refractivity contribution in [2.75, 3.05) is 5.73 Å². The van der Waals surface area contributed by atoms with E-state index in [9.17, 15) is 29.8 Å². The predicted octanol–water partition coefficient (Wildman–Crippen LogP) is 0.162. The van der Waals surface area contributed by atoms with Crippen LogP contribution in [0.1, 0.15) is 0 Å². The molecule has 0 aliphatic carbocycles. The Kier molecular flexibility index (Phi) is 3.91. The van der Waals surface area contributed by atoms with Gasteiger partial charge in [0.25, 0.3) is 30.4 Å². The third-order valence-corrected chi connectivity index (χ3v) is 5.70. The van der Waals surface area contributed by atoms with Crippen molar-refractivity contribution in [1.29, 1.82) is 0 Å². The van der Waals surface area contributed by atoms with Crippen molar-refractivity contribution < 1.29 is 38.9 Å². The number of rotatable bonds is 3. The molecule has 0 amide bonds. The normalized spacial score (nSPS) is 13.3. The lowest BCUT2D eigenvalue weighted by molar-refractivity contribution is 0.467. The summed E-state index contributed by atoms with van der Waals surface area (Å²) in [6.45, 7) is 0. The summed E-state index contributed by atoms with van der Waals surface area (Å²) in [5, 5.41) is -0.715. The molecule has 2 aromatic carbocycles. The minimum Gasteiger partial charge on any atom is -0.398 e. The topological polar surface area (TPSA) is 189 Å². The summed E-state index contributed by atoms with van der Waals surface area (Å²) < 4.78 is 95.4. The predicted molar refractivity (Wildman–Crippen MR) is 77.8 cm³/mol. The first-order valence-corrected chi connectivity index (χ1v) is 9.83. The average molecular weight is 383 g/mol. The molecule has 0 aromatic heterocycles. The highest BCUT2D eigenvalue weighted by atomic mass is 32.2. The molecule has 10 nitrogen and oxygen atoms in total. The van der Waals surface area contributed by atoms with Crippen LogP contribution in [0.5, 0.6) is 0 Å². The van der Waals surface area contributed by atoms with Gasteiger partial charge in [-0.3, -0.25) is 13.7 Å². The van der Waals surface area contributed by atoms with Crippen LogP contribution in [0.3, 0.4) is 0 Å². The van der Waals surface area contributed by atoms with Crippen molar-refractivity contribution in [3.8, 4) is 0 Å². The largest absolute Gasteiger partial charge is 0.398 e. The van der Waals surface area contributed by atoms with Crippen LogP contribution < -0.4 is 5.73 Å². The maximum Gasteiger partial charge on any atom is 0.296 e. The SMILES string of the molecule is Nc1cc(S(=O)(=O)O)c(S(=O)(=O)O)c2cc(S(=O)(=O)O)ccc12. The fourth-order valence-corrected chi connectivity index (χ4v) is 4.52. The van der Waals surface area contributed by atoms with Crippen LogP contribution in [0.15, 0.2) is 39.0 Å². The maximum absolute atomic E-state index is 11.5. The van der Waals surface area contributed by atoms with E-state index >= 15 is 0 Å². The monoisotopic (exact) mass is 383 g/mol. The van der Waals surface area contributed by atoms with Gasteiger partial charge in [0.2, 0.25) is 0 Å². The van der Waals surface area contributed by atoms with Crippen molar-refractivity contribution in [2.45, 2.75) is 14.7 Å². The van der Waals surface area contributed by atoms with Gasteiger partial charge in [-0.15, -0.1) is 0 Å². The van der Waals surface area contributed by atoms with Gasteiger partial charge in [-0.1, -0.05) is 6.07 Å². The first-order valence-electron chi connectivity index (χ1n) is 5.51. The van der Waals surface area contributed by atoms with Crippen LogP contribution in [-0.4, -0.2) is 38.9 Å². The molecule has 23 heavy (non-hydrogen) atoms. The van der Waals surface area contributed by atoms with E-state index in [1.165, 1.54) is 0 Å². The summed E-state index contributed by atoms with van der Waals surface area (Å²) in [7, 11) is -15.1. The molecule has 0 radical (unpaired) electrons. The lowest BCUT2D eigenvalue weighted by Crippen LogP contribution is -2.11. The van der Waals surface area contributed by atoms with E-state index in [0.29, 0.717) is 12.1 Å². The Balaban J connectivity index is 3.20. The van der Waals surface area contributed by atoms with E-state index in [1.54, 1.807) is 0 Å². The zero-order chi connectivity index (χ0) is 17.8. The molecule has 0 spiro atoms. The molecular weight excluding hydrogens is 374 g/mol. The van der Waals surface area contributed by atoms with Gasteiger partial charge in [0.15, 0.2) is 0 Å². The second kappa shape index (κ2) is 5.12. The van der Waals surface area contributed by atoms with Gasteiger partial charge in [-0.05, 0) is 18.2 Å². The summed E-state index contributed by atoms with van der Waals surface area (Å²) in [5.41, 5.74) is 5.26. The minimum absolute atomic E-state index is 0.113. The Morgan fingerprint density at radius 3 is 1.74 bits per heavy atom. The van der Waals surface area contributed by atoms with E-state index in [0.717, 1.165) is 12.1 Å². The lowest BCUT2D eigenvalue weighted by Gasteiger charge is -2.12. The molecular formula is C10H9NO9S3. The van der Waals surface area contributed by atoms with E-state index in [1.807, 2.05) is 0 Å². The van der Waals surface area contributed by atoms with Gasteiger partial charge in [-0.25, -0.2) is 0 Å². The molecule has 13 heteroatoms. The molecule has 0 atom stereocenters. The summed E-state index contributed by atoms with van der Waals surface area (Å²) in [6.07, 6.45) is 0. The van der Waals surface area contributed by atoms with Gasteiger partial charge < -0.3 is 5.73 Å². The van der Waals surface area contributed by atoms with E-state index in [-0.39, 0.29) is 11.1 Å². The van der Waals surface area contributed by atoms with Crippen molar-refractivity contribution in [2.24, 2.45) is 0 Å². The molecule has 126 valence electrons. The maximum atomic E-state index is 11.5. The zero-order valence-corrected chi connectivity index (χ0v) is 13.4. The summed E-state index contributed by atoms with van der Waals surface area (Å²) in [5.74, 6) is 0. The fourth-order valence-electron chi connectivity index (χ4n) is 2.00. The Hall–Kier alpha value is -1.77. The van der Waals surface area contributed by atoms with Crippen LogP contribution >= 0.6 is 0 Å². The van der Waals surface area contributed by atoms with Crippen molar-refractivity contribution in [3.05, 3.63) is 24.3 Å². The van der Waals surface area contributed by atoms with Gasteiger partial charge in [0, 0.05) is 16.5 Å². The second-order valence-corrected chi connectivity index (χ2v) is 8.60. The Morgan fingerprint density at radius 2 is 1.30 bits per heavy atom. The molecule has 0 fully saturated rings. The number of hydrogen-bond donors (Lipinski definition) is 4. The Labute approximate surface area is 130 Å². The number of benzene rings is 2. The second-order valence-electron chi connectivity index (χ2n) is 4.43. The summed E-state index contributed by atoms with van der Waals surface area (Å²) in [6, 6.07) is 3.12. The number of fused-ring (bicyclic) bond motifs is 1. The molecule has 0 saturated heterocycles. The highest BCUT2D eigenvalue weighted by Gasteiger charge is 2.28. The first-order chi connectivity index (χ1) is 10.2. The zero-order valence-electron chi connectivity index (χ0n) is 10.9. The van der Waals surface area contributed by atoms with Crippen LogP contribution in [0.4, 0.5) is 5.69 Å². The molecule has 0 unspecified atom stereocenters. The van der Waals surface area contributed by atoms with Crippen molar-refractivity contribution in [3.63, 3.8) is 0 Å². The summed E-state index contributed by atoms with van der Waals surface area (Å²) in [4.78, 5) is -3.24. The third-order valence-electron chi connectivity index (χ3n) is 2.89. The van der Waals surface area contributed by atoms with Crippen LogP contribution in [0.2, 0.25) is 0 Å². The van der Waals surface area contributed by atoms with Gasteiger partial charge >= 0.3 is 0 Å².